The molecule has 1 atom stereocenters. The Balaban J connectivity index is 3.80. The zero-order chi connectivity index (χ0) is 12.8. The molecule has 0 rings (SSSR count). The lowest BCUT2D eigenvalue weighted by Crippen LogP contribution is -2.40. The Hall–Kier alpha value is -0.780. The topological polar surface area (TPSA) is 32.3 Å². The highest BCUT2D eigenvalue weighted by Gasteiger charge is 2.26. The average Bonchev–Trinajstić information content (AvgIpc) is 2.15. The molecule has 1 N–H and O–H groups in total. The van der Waals surface area contributed by atoms with Gasteiger partial charge in [0.1, 0.15) is 0 Å². The molecule has 0 aliphatic rings. The van der Waals surface area contributed by atoms with Crippen molar-refractivity contribution in [2.45, 2.75) is 26.4 Å². The van der Waals surface area contributed by atoms with Crippen LogP contribution in [-0.4, -0.2) is 43.7 Å². The number of halogens is 3. The molecule has 96 valence electrons. The SMILES string of the molecule is CCC(C)CN(C)C(=O)CNCC(F)(F)F. The Morgan fingerprint density at radius 2 is 2.00 bits per heavy atom. The highest BCUT2D eigenvalue weighted by atomic mass is 19.4. The van der Waals surface area contributed by atoms with E-state index in [1.807, 2.05) is 13.8 Å². The lowest BCUT2D eigenvalue weighted by atomic mass is 10.1. The van der Waals surface area contributed by atoms with Crippen LogP contribution in [0.2, 0.25) is 0 Å². The lowest BCUT2D eigenvalue weighted by molar-refractivity contribution is -0.133. The number of amides is 1. The first-order chi connectivity index (χ1) is 7.26. The number of rotatable bonds is 6. The highest BCUT2D eigenvalue weighted by Crippen LogP contribution is 2.11. The third-order valence-electron chi connectivity index (χ3n) is 2.31. The molecule has 0 aliphatic heterocycles. The fourth-order valence-electron chi connectivity index (χ4n) is 1.14. The van der Waals surface area contributed by atoms with Crippen LogP contribution < -0.4 is 5.32 Å². The van der Waals surface area contributed by atoms with Gasteiger partial charge in [-0.05, 0) is 5.92 Å². The molecule has 0 aromatic rings. The molecule has 6 heteroatoms. The summed E-state index contributed by atoms with van der Waals surface area (Å²) in [6.45, 7) is 3.17. The van der Waals surface area contributed by atoms with Gasteiger partial charge >= 0.3 is 6.18 Å². The van der Waals surface area contributed by atoms with Crippen molar-refractivity contribution in [3.05, 3.63) is 0 Å². The third-order valence-corrected chi connectivity index (χ3v) is 2.31. The van der Waals surface area contributed by atoms with Gasteiger partial charge in [0.05, 0.1) is 13.1 Å². The van der Waals surface area contributed by atoms with E-state index in [4.69, 9.17) is 0 Å². The fraction of sp³-hybridized carbons (Fsp3) is 0.900. The summed E-state index contributed by atoms with van der Waals surface area (Å²) in [5.41, 5.74) is 0. The lowest BCUT2D eigenvalue weighted by Gasteiger charge is -2.21. The minimum absolute atomic E-state index is 0.271. The van der Waals surface area contributed by atoms with Crippen LogP contribution in [0.15, 0.2) is 0 Å². The van der Waals surface area contributed by atoms with Crippen LogP contribution in [0.25, 0.3) is 0 Å². The van der Waals surface area contributed by atoms with E-state index in [9.17, 15) is 18.0 Å². The molecule has 0 aromatic heterocycles. The van der Waals surface area contributed by atoms with Crippen molar-refractivity contribution < 1.29 is 18.0 Å². The van der Waals surface area contributed by atoms with E-state index in [1.54, 1.807) is 7.05 Å². The summed E-state index contributed by atoms with van der Waals surface area (Å²) >= 11 is 0. The van der Waals surface area contributed by atoms with Crippen LogP contribution in [0.3, 0.4) is 0 Å². The number of carbonyl (C=O) groups is 1. The fourth-order valence-corrected chi connectivity index (χ4v) is 1.14. The summed E-state index contributed by atoms with van der Waals surface area (Å²) < 4.78 is 35.4. The largest absolute Gasteiger partial charge is 0.401 e. The summed E-state index contributed by atoms with van der Waals surface area (Å²) in [5, 5.41) is 2.08. The molecule has 0 aromatic carbocycles. The predicted molar refractivity (Wildman–Crippen MR) is 56.0 cm³/mol. The molecular formula is C10H19F3N2O. The maximum absolute atomic E-state index is 11.8. The van der Waals surface area contributed by atoms with Crippen molar-refractivity contribution in [3.63, 3.8) is 0 Å². The van der Waals surface area contributed by atoms with E-state index in [0.717, 1.165) is 6.42 Å². The van der Waals surface area contributed by atoms with Crippen molar-refractivity contribution in [2.24, 2.45) is 5.92 Å². The molecule has 0 radical (unpaired) electrons. The standard InChI is InChI=1S/C10H19F3N2O/c1-4-8(2)6-15(3)9(16)5-14-7-10(11,12)13/h8,14H,4-7H2,1-3H3. The number of hydrogen-bond acceptors (Lipinski definition) is 2. The van der Waals surface area contributed by atoms with Gasteiger partial charge in [0.2, 0.25) is 5.91 Å². The van der Waals surface area contributed by atoms with Crippen LogP contribution in [0.5, 0.6) is 0 Å². The van der Waals surface area contributed by atoms with Crippen LogP contribution in [0, 0.1) is 5.92 Å². The van der Waals surface area contributed by atoms with Crippen molar-refractivity contribution in [1.82, 2.24) is 10.2 Å². The molecular weight excluding hydrogens is 221 g/mol. The van der Waals surface area contributed by atoms with E-state index in [1.165, 1.54) is 4.90 Å². The van der Waals surface area contributed by atoms with E-state index < -0.39 is 12.7 Å². The molecule has 0 heterocycles. The van der Waals surface area contributed by atoms with Gasteiger partial charge in [-0.3, -0.25) is 4.79 Å². The molecule has 1 amide bonds. The quantitative estimate of drug-likeness (QED) is 0.765. The minimum atomic E-state index is -4.27. The number of nitrogens with one attached hydrogen (secondary N) is 1. The first-order valence-electron chi connectivity index (χ1n) is 5.27. The van der Waals surface area contributed by atoms with Gasteiger partial charge in [0, 0.05) is 13.6 Å². The molecule has 0 bridgehead atoms. The summed E-state index contributed by atoms with van der Waals surface area (Å²) in [6, 6.07) is 0. The van der Waals surface area contributed by atoms with E-state index >= 15 is 0 Å². The van der Waals surface area contributed by atoms with Crippen LogP contribution in [0.4, 0.5) is 13.2 Å². The van der Waals surface area contributed by atoms with Crippen molar-refractivity contribution >= 4 is 5.91 Å². The predicted octanol–water partition coefficient (Wildman–Crippen LogP) is 1.64. The smallest absolute Gasteiger partial charge is 0.344 e. The van der Waals surface area contributed by atoms with E-state index in [-0.39, 0.29) is 12.5 Å². The normalized spacial score (nSPS) is 13.6. The zero-order valence-electron chi connectivity index (χ0n) is 9.90. The minimum Gasteiger partial charge on any atom is -0.344 e. The second kappa shape index (κ2) is 6.73. The summed E-state index contributed by atoms with van der Waals surface area (Å²) in [4.78, 5) is 12.8. The van der Waals surface area contributed by atoms with Crippen LogP contribution in [-0.2, 0) is 4.79 Å². The maximum atomic E-state index is 11.8. The van der Waals surface area contributed by atoms with Crippen molar-refractivity contribution in [3.8, 4) is 0 Å². The number of likely N-dealkylation sites (N-methyl/N-ethyl adjacent to an activating group) is 1. The Morgan fingerprint density at radius 1 is 1.44 bits per heavy atom. The van der Waals surface area contributed by atoms with Crippen molar-refractivity contribution in [1.29, 1.82) is 0 Å². The maximum Gasteiger partial charge on any atom is 0.401 e. The second-order valence-electron chi connectivity index (χ2n) is 4.01. The van der Waals surface area contributed by atoms with Crippen LogP contribution >= 0.6 is 0 Å². The Kier molecular flexibility index (Phi) is 6.40. The van der Waals surface area contributed by atoms with Gasteiger partial charge in [-0.25, -0.2) is 0 Å². The Bertz CT molecular complexity index is 219. The zero-order valence-corrected chi connectivity index (χ0v) is 9.90. The number of alkyl halides is 3. The van der Waals surface area contributed by atoms with Gasteiger partial charge in [-0.15, -0.1) is 0 Å². The summed E-state index contributed by atoms with van der Waals surface area (Å²) in [7, 11) is 1.60. The van der Waals surface area contributed by atoms with Crippen molar-refractivity contribution in [2.75, 3.05) is 26.7 Å². The molecule has 3 nitrogen and oxygen atoms in total. The van der Waals surface area contributed by atoms with Gasteiger partial charge in [-0.1, -0.05) is 20.3 Å². The Morgan fingerprint density at radius 3 is 2.44 bits per heavy atom. The number of nitrogens with zero attached hydrogens (tertiary/aromatic N) is 1. The van der Waals surface area contributed by atoms with Gasteiger partial charge < -0.3 is 10.2 Å². The van der Waals surface area contributed by atoms with E-state index in [0.29, 0.717) is 12.5 Å². The molecule has 0 saturated carbocycles. The van der Waals surface area contributed by atoms with E-state index in [2.05, 4.69) is 5.32 Å². The first-order valence-corrected chi connectivity index (χ1v) is 5.27. The number of carbonyl (C=O) groups excluding carboxylic acids is 1. The summed E-state index contributed by atoms with van der Waals surface area (Å²) in [6.07, 6.45) is -3.33. The Labute approximate surface area is 94.0 Å². The van der Waals surface area contributed by atoms with Crippen LogP contribution in [0.1, 0.15) is 20.3 Å². The summed E-state index contributed by atoms with van der Waals surface area (Å²) in [5.74, 6) is 0.0427. The molecule has 16 heavy (non-hydrogen) atoms. The van der Waals surface area contributed by atoms with Gasteiger partial charge in [-0.2, -0.15) is 13.2 Å². The van der Waals surface area contributed by atoms with Gasteiger partial charge in [0.25, 0.3) is 0 Å². The molecule has 1 unspecified atom stereocenters. The highest BCUT2D eigenvalue weighted by molar-refractivity contribution is 5.77. The average molecular weight is 240 g/mol. The molecule has 0 spiro atoms. The number of hydrogen-bond donors (Lipinski definition) is 1. The monoisotopic (exact) mass is 240 g/mol. The van der Waals surface area contributed by atoms with Gasteiger partial charge in [0.15, 0.2) is 0 Å². The molecule has 0 fully saturated rings. The first kappa shape index (κ1) is 15.2. The third kappa shape index (κ3) is 7.50. The molecule has 0 aliphatic carbocycles. The molecule has 0 saturated heterocycles. The second-order valence-corrected chi connectivity index (χ2v) is 4.01.